The van der Waals surface area contributed by atoms with Crippen LogP contribution in [0.15, 0.2) is 35.2 Å². The van der Waals surface area contributed by atoms with Gasteiger partial charge in [0.25, 0.3) is 0 Å². The normalized spacial score (nSPS) is 11.5. The zero-order chi connectivity index (χ0) is 18.9. The van der Waals surface area contributed by atoms with E-state index in [0.717, 1.165) is 22.5 Å². The summed E-state index contributed by atoms with van der Waals surface area (Å²) < 4.78 is 11.4. The van der Waals surface area contributed by atoms with Gasteiger partial charge in [0.15, 0.2) is 12.2 Å². The quantitative estimate of drug-likeness (QED) is 0.686. The molecule has 1 aromatic carbocycles. The number of carboxylic acids is 1. The minimum Gasteiger partial charge on any atom is -0.492 e. The minimum absolute atomic E-state index is 0.0141. The third kappa shape index (κ3) is 3.94. The molecule has 0 radical (unpaired) electrons. The highest BCUT2D eigenvalue weighted by Crippen LogP contribution is 2.37. The van der Waals surface area contributed by atoms with E-state index >= 15 is 0 Å². The summed E-state index contributed by atoms with van der Waals surface area (Å²) >= 11 is 1.15. The Bertz CT molecular complexity index is 924. The summed E-state index contributed by atoms with van der Waals surface area (Å²) in [5.74, 6) is 0.307. The fourth-order valence-corrected chi connectivity index (χ4v) is 3.24. The van der Waals surface area contributed by atoms with Gasteiger partial charge in [0.1, 0.15) is 15.6 Å². The molecule has 7 heteroatoms. The Hall–Kier alpha value is -2.67. The van der Waals surface area contributed by atoms with E-state index in [1.807, 2.05) is 18.2 Å². The van der Waals surface area contributed by atoms with Gasteiger partial charge in [-0.3, -0.25) is 0 Å². The van der Waals surface area contributed by atoms with Crippen LogP contribution in [0, 0.1) is 12.3 Å². The number of aromatic nitrogens is 2. The molecule has 0 aliphatic heterocycles. The average molecular weight is 372 g/mol. The Labute approximate surface area is 155 Å². The van der Waals surface area contributed by atoms with E-state index in [-0.39, 0.29) is 10.3 Å². The van der Waals surface area contributed by atoms with E-state index in [9.17, 15) is 9.90 Å². The van der Waals surface area contributed by atoms with Crippen LogP contribution in [0.4, 0.5) is 0 Å². The second-order valence-electron chi connectivity index (χ2n) is 7.16. The fourth-order valence-electron chi connectivity index (χ4n) is 2.34. The number of thiazole rings is 1. The van der Waals surface area contributed by atoms with E-state index in [2.05, 4.69) is 30.7 Å². The molecule has 0 saturated carbocycles. The van der Waals surface area contributed by atoms with Gasteiger partial charge < -0.3 is 14.3 Å². The summed E-state index contributed by atoms with van der Waals surface area (Å²) in [5, 5.41) is 9.89. The molecule has 3 rings (SSSR count). The van der Waals surface area contributed by atoms with Crippen molar-refractivity contribution in [2.75, 3.05) is 6.61 Å². The number of oxazole rings is 1. The van der Waals surface area contributed by atoms with E-state index in [1.165, 1.54) is 6.39 Å². The number of carboxylic acid groups (broad SMARTS) is 1. The molecule has 1 N–H and O–H groups in total. The lowest BCUT2D eigenvalue weighted by Crippen LogP contribution is -2.17. The Morgan fingerprint density at radius 1 is 1.35 bits per heavy atom. The lowest BCUT2D eigenvalue weighted by Gasteiger charge is -2.20. The number of ether oxygens (including phenoxy) is 1. The molecule has 0 atom stereocenters. The maximum absolute atomic E-state index is 11.3. The van der Waals surface area contributed by atoms with Gasteiger partial charge in [-0.25, -0.2) is 14.8 Å². The van der Waals surface area contributed by atoms with E-state index < -0.39 is 5.97 Å². The van der Waals surface area contributed by atoms with Gasteiger partial charge in [-0.2, -0.15) is 0 Å². The summed E-state index contributed by atoms with van der Waals surface area (Å²) in [6.07, 6.45) is 2.99. The van der Waals surface area contributed by atoms with Gasteiger partial charge in [0.2, 0.25) is 0 Å². The van der Waals surface area contributed by atoms with Crippen LogP contribution >= 0.6 is 11.3 Å². The van der Waals surface area contributed by atoms with Crippen molar-refractivity contribution in [1.82, 2.24) is 9.97 Å². The van der Waals surface area contributed by atoms with Crippen LogP contribution < -0.4 is 4.74 Å². The van der Waals surface area contributed by atoms with Gasteiger partial charge in [0.05, 0.1) is 24.1 Å². The highest BCUT2D eigenvalue weighted by molar-refractivity contribution is 7.17. The molecule has 136 valence electrons. The number of hydrogen-bond acceptors (Lipinski definition) is 6. The molecular formula is C19H20N2O4S. The highest BCUT2D eigenvalue weighted by Gasteiger charge is 2.19. The molecular weight excluding hydrogens is 352 g/mol. The third-order valence-electron chi connectivity index (χ3n) is 3.58. The molecule has 0 aliphatic rings. The van der Waals surface area contributed by atoms with Crippen LogP contribution in [0.25, 0.3) is 21.9 Å². The summed E-state index contributed by atoms with van der Waals surface area (Å²) in [6.45, 7) is 8.54. The maximum Gasteiger partial charge on any atom is 0.347 e. The smallest absolute Gasteiger partial charge is 0.347 e. The predicted molar refractivity (Wildman–Crippen MR) is 99.7 cm³/mol. The lowest BCUT2D eigenvalue weighted by atomic mass is 9.98. The lowest BCUT2D eigenvalue weighted by molar-refractivity contribution is 0.0701. The number of rotatable bonds is 5. The first-order valence-electron chi connectivity index (χ1n) is 8.11. The first kappa shape index (κ1) is 18.1. The number of aryl methyl sites for hydroxylation is 1. The molecule has 0 saturated heterocycles. The molecule has 0 amide bonds. The Morgan fingerprint density at radius 3 is 2.69 bits per heavy atom. The number of nitrogens with zero attached hydrogens (tertiary/aromatic N) is 2. The zero-order valence-corrected chi connectivity index (χ0v) is 15.9. The average Bonchev–Trinajstić information content (AvgIpc) is 3.21. The maximum atomic E-state index is 11.3. The van der Waals surface area contributed by atoms with Gasteiger partial charge in [-0.1, -0.05) is 20.8 Å². The Morgan fingerprint density at radius 2 is 2.12 bits per heavy atom. The second-order valence-corrected chi connectivity index (χ2v) is 8.16. The van der Waals surface area contributed by atoms with Crippen molar-refractivity contribution in [3.05, 3.63) is 41.4 Å². The first-order chi connectivity index (χ1) is 12.2. The summed E-state index contributed by atoms with van der Waals surface area (Å²) in [5.41, 5.74) is 2.08. The highest BCUT2D eigenvalue weighted by atomic mass is 32.1. The molecule has 6 nitrogen and oxygen atoms in total. The zero-order valence-electron chi connectivity index (χ0n) is 15.1. The number of benzene rings is 1. The monoisotopic (exact) mass is 372 g/mol. The molecule has 0 aliphatic carbocycles. The fraction of sp³-hybridized carbons (Fsp3) is 0.316. The van der Waals surface area contributed by atoms with Crippen molar-refractivity contribution in [3.63, 3.8) is 0 Å². The molecule has 0 unspecified atom stereocenters. The standard InChI is InChI=1S/C19H20N2O4S/c1-11-16(18(22)23)26-17(21-11)12-5-6-14(24-9-19(2,3)4)13(7-12)15-8-20-10-25-15/h5-8,10H,9H2,1-4H3,(H,22,23). The van der Waals surface area contributed by atoms with Crippen LogP contribution in [0.1, 0.15) is 36.1 Å². The van der Waals surface area contributed by atoms with E-state index in [1.54, 1.807) is 13.1 Å². The van der Waals surface area contributed by atoms with Gasteiger partial charge in [0, 0.05) is 5.56 Å². The van der Waals surface area contributed by atoms with Crippen molar-refractivity contribution in [2.45, 2.75) is 27.7 Å². The second kappa shape index (κ2) is 6.92. The largest absolute Gasteiger partial charge is 0.492 e. The molecule has 2 heterocycles. The van der Waals surface area contributed by atoms with Crippen LogP contribution in [-0.2, 0) is 0 Å². The molecule has 0 fully saturated rings. The van der Waals surface area contributed by atoms with Gasteiger partial charge in [-0.15, -0.1) is 11.3 Å². The number of hydrogen-bond donors (Lipinski definition) is 1. The Kier molecular flexibility index (Phi) is 4.82. The van der Waals surface area contributed by atoms with Crippen molar-refractivity contribution in [3.8, 4) is 27.6 Å². The molecule has 0 bridgehead atoms. The number of carbonyl (C=O) groups is 1. The third-order valence-corrected chi connectivity index (χ3v) is 4.77. The molecule has 3 aromatic rings. The van der Waals surface area contributed by atoms with Crippen molar-refractivity contribution in [1.29, 1.82) is 0 Å². The molecule has 2 aromatic heterocycles. The topological polar surface area (TPSA) is 85.5 Å². The van der Waals surface area contributed by atoms with E-state index in [0.29, 0.717) is 28.8 Å². The predicted octanol–water partition coefficient (Wildman–Crippen LogP) is 4.90. The SMILES string of the molecule is Cc1nc(-c2ccc(OCC(C)(C)C)c(-c3cnco3)c2)sc1C(=O)O. The van der Waals surface area contributed by atoms with Crippen molar-refractivity contribution >= 4 is 17.3 Å². The Balaban J connectivity index is 2.02. The number of aromatic carboxylic acids is 1. The van der Waals surface area contributed by atoms with Crippen molar-refractivity contribution in [2.24, 2.45) is 5.41 Å². The van der Waals surface area contributed by atoms with Gasteiger partial charge >= 0.3 is 5.97 Å². The molecule has 26 heavy (non-hydrogen) atoms. The van der Waals surface area contributed by atoms with Crippen LogP contribution in [0.2, 0.25) is 0 Å². The van der Waals surface area contributed by atoms with Crippen LogP contribution in [-0.4, -0.2) is 27.7 Å². The summed E-state index contributed by atoms with van der Waals surface area (Å²) in [7, 11) is 0. The summed E-state index contributed by atoms with van der Waals surface area (Å²) in [6, 6.07) is 5.63. The summed E-state index contributed by atoms with van der Waals surface area (Å²) in [4.78, 5) is 19.9. The minimum atomic E-state index is -0.966. The van der Waals surface area contributed by atoms with E-state index in [4.69, 9.17) is 9.15 Å². The van der Waals surface area contributed by atoms with Crippen LogP contribution in [0.3, 0.4) is 0 Å². The van der Waals surface area contributed by atoms with Crippen LogP contribution in [0.5, 0.6) is 5.75 Å². The molecule has 0 spiro atoms. The first-order valence-corrected chi connectivity index (χ1v) is 8.93. The van der Waals surface area contributed by atoms with Gasteiger partial charge in [-0.05, 0) is 30.5 Å². The van der Waals surface area contributed by atoms with Crippen molar-refractivity contribution < 1.29 is 19.1 Å².